The van der Waals surface area contributed by atoms with Gasteiger partial charge >= 0.3 is 0 Å². The first kappa shape index (κ1) is 14.1. The highest BCUT2D eigenvalue weighted by Crippen LogP contribution is 2.16. The van der Waals surface area contributed by atoms with Gasteiger partial charge in [0.1, 0.15) is 0 Å². The number of nitrogens with one attached hydrogen (secondary N) is 1. The summed E-state index contributed by atoms with van der Waals surface area (Å²) in [6.07, 6.45) is 1.48. The van der Waals surface area contributed by atoms with Gasteiger partial charge in [-0.3, -0.25) is 0 Å². The predicted octanol–water partition coefficient (Wildman–Crippen LogP) is 1.39. The molecule has 0 aromatic carbocycles. The minimum Gasteiger partial charge on any atom is -0.326 e. The molecular weight excluding hydrogens is 282 g/mol. The van der Waals surface area contributed by atoms with Crippen LogP contribution in [0.25, 0.3) is 0 Å². The van der Waals surface area contributed by atoms with E-state index in [4.69, 9.17) is 5.73 Å². The van der Waals surface area contributed by atoms with Crippen molar-refractivity contribution in [2.24, 2.45) is 5.73 Å². The van der Waals surface area contributed by atoms with Crippen molar-refractivity contribution in [1.29, 1.82) is 0 Å². The van der Waals surface area contributed by atoms with Gasteiger partial charge in [-0.05, 0) is 35.6 Å². The molecule has 0 aliphatic carbocycles. The normalized spacial score (nSPS) is 11.7. The van der Waals surface area contributed by atoms with Crippen molar-refractivity contribution in [3.05, 3.63) is 45.8 Å². The van der Waals surface area contributed by atoms with Crippen LogP contribution in [0.15, 0.2) is 34.8 Å². The van der Waals surface area contributed by atoms with Crippen LogP contribution in [0.3, 0.4) is 0 Å². The van der Waals surface area contributed by atoms with Gasteiger partial charge in [0.2, 0.25) is 0 Å². The maximum atomic E-state index is 12.0. The van der Waals surface area contributed by atoms with Crippen molar-refractivity contribution in [2.75, 3.05) is 0 Å². The Hall–Kier alpha value is -1.28. The lowest BCUT2D eigenvalue weighted by molar-refractivity contribution is 0.577. The molecule has 0 radical (unpaired) electrons. The summed E-state index contributed by atoms with van der Waals surface area (Å²) in [5.74, 6) is 0. The van der Waals surface area contributed by atoms with Gasteiger partial charge in [-0.25, -0.2) is 18.1 Å². The van der Waals surface area contributed by atoms with Crippen LogP contribution >= 0.6 is 11.3 Å². The Morgan fingerprint density at radius 3 is 2.68 bits per heavy atom. The summed E-state index contributed by atoms with van der Waals surface area (Å²) in [6, 6.07) is 5.09. The number of hydrogen-bond donors (Lipinski definition) is 2. The quantitative estimate of drug-likeness (QED) is 0.873. The molecule has 0 saturated heterocycles. The lowest BCUT2D eigenvalue weighted by atomic mass is 10.3. The number of rotatable bonds is 5. The molecule has 0 bridgehead atoms. The van der Waals surface area contributed by atoms with Crippen LogP contribution in [0, 0.1) is 6.92 Å². The molecule has 2 aromatic rings. The highest BCUT2D eigenvalue weighted by atomic mass is 32.2. The van der Waals surface area contributed by atoms with Crippen molar-refractivity contribution < 1.29 is 8.42 Å². The number of aromatic nitrogens is 1. The minimum atomic E-state index is -3.57. The number of hydrogen-bond acceptors (Lipinski definition) is 5. The fourth-order valence-corrected chi connectivity index (χ4v) is 3.37. The van der Waals surface area contributed by atoms with Crippen LogP contribution in [-0.4, -0.2) is 13.4 Å². The Morgan fingerprint density at radius 1 is 1.37 bits per heavy atom. The third-order valence-corrected chi connectivity index (χ3v) is 5.04. The van der Waals surface area contributed by atoms with E-state index in [0.29, 0.717) is 6.54 Å². The Kier molecular flexibility index (Phi) is 4.31. The molecule has 0 fully saturated rings. The van der Waals surface area contributed by atoms with Gasteiger partial charge in [-0.15, -0.1) is 11.3 Å². The van der Waals surface area contributed by atoms with Crippen LogP contribution < -0.4 is 10.5 Å². The molecule has 102 valence electrons. The first-order valence-corrected chi connectivity index (χ1v) is 8.07. The molecule has 0 amide bonds. The van der Waals surface area contributed by atoms with Crippen molar-refractivity contribution >= 4 is 21.4 Å². The number of aryl methyl sites for hydroxylation is 1. The first-order valence-electron chi connectivity index (χ1n) is 5.70. The van der Waals surface area contributed by atoms with Crippen LogP contribution in [0.2, 0.25) is 0 Å². The molecular formula is C12H15N3O2S2. The Labute approximate surface area is 116 Å². The second kappa shape index (κ2) is 5.79. The Bertz CT molecular complexity index is 648. The van der Waals surface area contributed by atoms with Gasteiger partial charge in [0, 0.05) is 24.2 Å². The topological polar surface area (TPSA) is 85.1 Å². The lowest BCUT2D eigenvalue weighted by Gasteiger charge is -2.06. The van der Waals surface area contributed by atoms with Crippen molar-refractivity contribution in [3.8, 4) is 0 Å². The second-order valence-electron chi connectivity index (χ2n) is 4.06. The summed E-state index contributed by atoms with van der Waals surface area (Å²) in [4.78, 5) is 4.92. The Balaban J connectivity index is 2.11. The molecule has 0 saturated carbocycles. The molecule has 2 heterocycles. The smallest absolute Gasteiger partial charge is 0.258 e. The van der Waals surface area contributed by atoms with Crippen molar-refractivity contribution in [3.63, 3.8) is 0 Å². The summed E-state index contributed by atoms with van der Waals surface area (Å²) >= 11 is 1.53. The molecule has 0 spiro atoms. The second-order valence-corrected chi connectivity index (χ2v) is 6.77. The van der Waals surface area contributed by atoms with Gasteiger partial charge in [0.15, 0.2) is 5.03 Å². The van der Waals surface area contributed by atoms with Gasteiger partial charge in [0.25, 0.3) is 10.0 Å². The van der Waals surface area contributed by atoms with Gasteiger partial charge in [-0.1, -0.05) is 6.07 Å². The monoisotopic (exact) mass is 297 g/mol. The number of nitrogens with zero attached hydrogens (tertiary/aromatic N) is 1. The Morgan fingerprint density at radius 2 is 2.16 bits per heavy atom. The number of thiophene rings is 1. The van der Waals surface area contributed by atoms with Crippen molar-refractivity contribution in [1.82, 2.24) is 9.71 Å². The lowest BCUT2D eigenvalue weighted by Crippen LogP contribution is -2.24. The molecule has 3 N–H and O–H groups in total. The van der Waals surface area contributed by atoms with E-state index < -0.39 is 10.0 Å². The van der Waals surface area contributed by atoms with E-state index in [0.717, 1.165) is 16.0 Å². The fraction of sp³-hybridized carbons (Fsp3) is 0.250. The van der Waals surface area contributed by atoms with Gasteiger partial charge in [-0.2, -0.15) is 0 Å². The standard InChI is InChI=1S/C12H15N3O2S2/c1-9-4-5-18-11(9)8-15-19(16,17)12-3-2-10(6-13)7-14-12/h2-5,7,15H,6,8,13H2,1H3. The largest absolute Gasteiger partial charge is 0.326 e. The molecule has 7 heteroatoms. The number of pyridine rings is 1. The highest BCUT2D eigenvalue weighted by molar-refractivity contribution is 7.89. The summed E-state index contributed by atoms with van der Waals surface area (Å²) in [6.45, 7) is 2.58. The van der Waals surface area contributed by atoms with Crippen LogP contribution in [-0.2, 0) is 23.1 Å². The van der Waals surface area contributed by atoms with Gasteiger partial charge < -0.3 is 5.73 Å². The first-order chi connectivity index (χ1) is 9.03. The maximum Gasteiger partial charge on any atom is 0.258 e. The highest BCUT2D eigenvalue weighted by Gasteiger charge is 2.15. The molecule has 5 nitrogen and oxygen atoms in total. The van der Waals surface area contributed by atoms with E-state index in [1.54, 1.807) is 6.07 Å². The molecule has 0 atom stereocenters. The zero-order valence-corrected chi connectivity index (χ0v) is 12.1. The minimum absolute atomic E-state index is 0.0129. The van der Waals surface area contributed by atoms with E-state index >= 15 is 0 Å². The molecule has 0 aliphatic rings. The number of nitrogens with two attached hydrogens (primary N) is 1. The number of sulfonamides is 1. The summed E-state index contributed by atoms with van der Waals surface area (Å²) in [5.41, 5.74) is 7.33. The maximum absolute atomic E-state index is 12.0. The summed E-state index contributed by atoms with van der Waals surface area (Å²) in [5, 5.41) is 1.95. The summed E-state index contributed by atoms with van der Waals surface area (Å²) in [7, 11) is -3.57. The molecule has 19 heavy (non-hydrogen) atoms. The van der Waals surface area contributed by atoms with Crippen LogP contribution in [0.1, 0.15) is 16.0 Å². The molecule has 2 rings (SSSR count). The van der Waals surface area contributed by atoms with E-state index in [-0.39, 0.29) is 11.6 Å². The van der Waals surface area contributed by atoms with E-state index in [2.05, 4.69) is 9.71 Å². The van der Waals surface area contributed by atoms with E-state index in [1.165, 1.54) is 23.6 Å². The van der Waals surface area contributed by atoms with Crippen LogP contribution in [0.4, 0.5) is 0 Å². The fourth-order valence-electron chi connectivity index (χ4n) is 1.51. The third-order valence-electron chi connectivity index (χ3n) is 2.70. The average molecular weight is 297 g/mol. The van der Waals surface area contributed by atoms with Crippen molar-refractivity contribution in [2.45, 2.75) is 25.0 Å². The molecule has 0 unspecified atom stereocenters. The van der Waals surface area contributed by atoms with Gasteiger partial charge in [0.05, 0.1) is 0 Å². The SMILES string of the molecule is Cc1ccsc1CNS(=O)(=O)c1ccc(CN)cn1. The average Bonchev–Trinajstić information content (AvgIpc) is 2.82. The van der Waals surface area contributed by atoms with E-state index in [9.17, 15) is 8.42 Å². The third kappa shape index (κ3) is 3.38. The predicted molar refractivity (Wildman–Crippen MR) is 75.2 cm³/mol. The zero-order chi connectivity index (χ0) is 13.9. The van der Waals surface area contributed by atoms with E-state index in [1.807, 2.05) is 18.4 Å². The summed E-state index contributed by atoms with van der Waals surface area (Å²) < 4.78 is 26.6. The molecule has 0 aliphatic heterocycles. The molecule has 2 aromatic heterocycles. The zero-order valence-electron chi connectivity index (χ0n) is 10.5. The van der Waals surface area contributed by atoms with Crippen LogP contribution in [0.5, 0.6) is 0 Å².